The maximum Gasteiger partial charge on any atom is 0.306 e. The minimum atomic E-state index is -0.116. The Morgan fingerprint density at radius 2 is 2.23 bits per heavy atom. The van der Waals surface area contributed by atoms with Crippen molar-refractivity contribution in [2.24, 2.45) is 5.92 Å². The third-order valence-electron chi connectivity index (χ3n) is 5.33. The smallest absolute Gasteiger partial charge is 0.306 e. The maximum absolute atomic E-state index is 12.2. The number of thioether (sulfide) groups is 1. The third-order valence-corrected chi connectivity index (χ3v) is 7.64. The van der Waals surface area contributed by atoms with Gasteiger partial charge in [0.05, 0.1) is 23.2 Å². The van der Waals surface area contributed by atoms with Gasteiger partial charge >= 0.3 is 5.97 Å². The van der Waals surface area contributed by atoms with Gasteiger partial charge in [0.25, 0.3) is 0 Å². The number of carbonyl (C=O) groups excluding carboxylic acids is 1. The van der Waals surface area contributed by atoms with E-state index in [1.165, 1.54) is 12.8 Å². The minimum absolute atomic E-state index is 0.116. The molecule has 0 amide bonds. The van der Waals surface area contributed by atoms with E-state index in [4.69, 9.17) is 21.3 Å². The fraction of sp³-hybridized carbons (Fsp3) is 0.565. The highest BCUT2D eigenvalue weighted by atomic mass is 35.5. The fourth-order valence-corrected chi connectivity index (χ4v) is 5.91. The maximum atomic E-state index is 12.2. The van der Waals surface area contributed by atoms with Crippen LogP contribution in [-0.4, -0.2) is 36.4 Å². The number of anilines is 1. The second-order valence-electron chi connectivity index (χ2n) is 7.65. The van der Waals surface area contributed by atoms with Crippen molar-refractivity contribution in [3.8, 4) is 0 Å². The molecule has 0 bridgehead atoms. The molecule has 0 saturated heterocycles. The number of halogens is 1. The van der Waals surface area contributed by atoms with Crippen molar-refractivity contribution in [1.29, 1.82) is 0 Å². The second kappa shape index (κ2) is 12.0. The van der Waals surface area contributed by atoms with Gasteiger partial charge in [-0.3, -0.25) is 4.79 Å². The molecule has 1 aromatic heterocycles. The van der Waals surface area contributed by atoms with Crippen molar-refractivity contribution >= 4 is 56.0 Å². The standard InChI is InChI=1S/C23H31ClN2O2S2/c1-3-5-9-17(4-2)16-28-21(27)10-13-29-19-14-18(24)15-20-22(19)25-23(30-20)26-11-7-6-8-12-26/h6-7,14-15,17H,3-5,8-13,16H2,1-2H3. The number of nitrogens with zero attached hydrogens (tertiary/aromatic N) is 2. The average Bonchev–Trinajstić information content (AvgIpc) is 3.18. The van der Waals surface area contributed by atoms with E-state index in [9.17, 15) is 4.79 Å². The van der Waals surface area contributed by atoms with E-state index in [-0.39, 0.29) is 5.97 Å². The molecule has 4 nitrogen and oxygen atoms in total. The van der Waals surface area contributed by atoms with Crippen molar-refractivity contribution in [3.63, 3.8) is 0 Å². The molecule has 3 rings (SSSR count). The first-order valence-corrected chi connectivity index (χ1v) is 13.1. The van der Waals surface area contributed by atoms with E-state index in [1.54, 1.807) is 23.1 Å². The Kier molecular flexibility index (Phi) is 9.34. The van der Waals surface area contributed by atoms with Gasteiger partial charge in [0.2, 0.25) is 0 Å². The summed E-state index contributed by atoms with van der Waals surface area (Å²) in [7, 11) is 0. The number of ether oxygens (including phenoxy) is 1. The number of thiazole rings is 1. The highest BCUT2D eigenvalue weighted by Crippen LogP contribution is 2.37. The molecule has 0 aliphatic carbocycles. The third kappa shape index (κ3) is 6.63. The molecule has 2 heterocycles. The summed E-state index contributed by atoms with van der Waals surface area (Å²) in [6.45, 7) is 6.80. The van der Waals surface area contributed by atoms with Crippen LogP contribution in [0, 0.1) is 5.92 Å². The summed E-state index contributed by atoms with van der Waals surface area (Å²) < 4.78 is 6.62. The van der Waals surface area contributed by atoms with E-state index in [2.05, 4.69) is 30.9 Å². The van der Waals surface area contributed by atoms with Crippen LogP contribution in [0.5, 0.6) is 0 Å². The summed E-state index contributed by atoms with van der Waals surface area (Å²) in [4.78, 5) is 20.4. The monoisotopic (exact) mass is 466 g/mol. The van der Waals surface area contributed by atoms with E-state index in [1.807, 2.05) is 12.1 Å². The quantitative estimate of drug-likeness (QED) is 0.203. The van der Waals surface area contributed by atoms with Gasteiger partial charge in [-0.1, -0.05) is 68.2 Å². The molecular weight excluding hydrogens is 436 g/mol. The normalized spacial score (nSPS) is 15.0. The van der Waals surface area contributed by atoms with Crippen LogP contribution in [0.2, 0.25) is 5.02 Å². The first-order chi connectivity index (χ1) is 14.6. The van der Waals surface area contributed by atoms with Crippen LogP contribution in [0.1, 0.15) is 52.4 Å². The Morgan fingerprint density at radius 1 is 1.37 bits per heavy atom. The molecule has 1 aromatic carbocycles. The van der Waals surface area contributed by atoms with Crippen LogP contribution in [-0.2, 0) is 9.53 Å². The van der Waals surface area contributed by atoms with Crippen molar-refractivity contribution < 1.29 is 9.53 Å². The molecule has 1 atom stereocenters. The molecule has 1 aliphatic rings. The predicted octanol–water partition coefficient (Wildman–Crippen LogP) is 6.96. The second-order valence-corrected chi connectivity index (χ2v) is 10.2. The van der Waals surface area contributed by atoms with Crippen LogP contribution >= 0.6 is 34.7 Å². The summed E-state index contributed by atoms with van der Waals surface area (Å²) in [6.07, 6.45) is 10.4. The van der Waals surface area contributed by atoms with E-state index < -0.39 is 0 Å². The van der Waals surface area contributed by atoms with Crippen LogP contribution < -0.4 is 4.90 Å². The zero-order chi connectivity index (χ0) is 21.3. The summed E-state index contributed by atoms with van der Waals surface area (Å²) in [6, 6.07) is 3.94. The fourth-order valence-electron chi connectivity index (χ4n) is 3.44. The molecule has 2 aromatic rings. The van der Waals surface area contributed by atoms with Gasteiger partial charge in [-0.05, 0) is 30.9 Å². The van der Waals surface area contributed by atoms with Crippen molar-refractivity contribution in [2.45, 2.75) is 57.3 Å². The number of fused-ring (bicyclic) bond motifs is 1. The van der Waals surface area contributed by atoms with Crippen LogP contribution in [0.25, 0.3) is 10.2 Å². The molecule has 0 fully saturated rings. The Bertz CT molecular complexity index is 868. The summed E-state index contributed by atoms with van der Waals surface area (Å²) in [5.74, 6) is 1.03. The molecule has 0 spiro atoms. The average molecular weight is 467 g/mol. The SMILES string of the molecule is CCCCC(CC)COC(=O)CCSc1cc(Cl)cc2sc(N3CC=CCC3)nc12. The highest BCUT2D eigenvalue weighted by molar-refractivity contribution is 7.99. The Labute approximate surface area is 193 Å². The number of rotatable bonds is 11. The number of aromatic nitrogens is 1. The first-order valence-electron chi connectivity index (χ1n) is 10.9. The van der Waals surface area contributed by atoms with E-state index >= 15 is 0 Å². The number of hydrogen-bond acceptors (Lipinski definition) is 6. The minimum Gasteiger partial charge on any atom is -0.465 e. The Morgan fingerprint density at radius 3 is 2.97 bits per heavy atom. The zero-order valence-electron chi connectivity index (χ0n) is 17.9. The zero-order valence-corrected chi connectivity index (χ0v) is 20.3. The molecule has 164 valence electrons. The van der Waals surface area contributed by atoms with Gasteiger partial charge in [0.1, 0.15) is 0 Å². The van der Waals surface area contributed by atoms with Crippen LogP contribution in [0.3, 0.4) is 0 Å². The van der Waals surface area contributed by atoms with Crippen molar-refractivity contribution in [1.82, 2.24) is 4.98 Å². The molecule has 0 saturated carbocycles. The molecule has 0 radical (unpaired) electrons. The van der Waals surface area contributed by atoms with Gasteiger partial charge in [-0.25, -0.2) is 4.98 Å². The Balaban J connectivity index is 1.55. The predicted molar refractivity (Wildman–Crippen MR) is 130 cm³/mol. The van der Waals surface area contributed by atoms with Crippen molar-refractivity contribution in [2.75, 3.05) is 30.3 Å². The van der Waals surface area contributed by atoms with E-state index in [0.29, 0.717) is 29.7 Å². The lowest BCUT2D eigenvalue weighted by atomic mass is 10.0. The lowest BCUT2D eigenvalue weighted by Crippen LogP contribution is -2.26. The molecular formula is C23H31ClN2O2S2. The van der Waals surface area contributed by atoms with E-state index in [0.717, 1.165) is 52.6 Å². The molecule has 1 unspecified atom stereocenters. The summed E-state index contributed by atoms with van der Waals surface area (Å²) >= 11 is 9.67. The number of hydrogen-bond donors (Lipinski definition) is 0. The van der Waals surface area contributed by atoms with Crippen molar-refractivity contribution in [3.05, 3.63) is 29.3 Å². The van der Waals surface area contributed by atoms with Gasteiger partial charge in [-0.2, -0.15) is 0 Å². The number of unbranched alkanes of at least 4 members (excludes halogenated alkanes) is 1. The summed E-state index contributed by atoms with van der Waals surface area (Å²) in [5, 5.41) is 1.75. The lowest BCUT2D eigenvalue weighted by molar-refractivity contribution is -0.144. The Hall–Kier alpha value is -1.24. The van der Waals surface area contributed by atoms with Gasteiger partial charge in [0, 0.05) is 28.8 Å². The topological polar surface area (TPSA) is 42.4 Å². The lowest BCUT2D eigenvalue weighted by Gasteiger charge is -2.22. The molecule has 1 aliphatic heterocycles. The number of benzene rings is 1. The number of esters is 1. The molecule has 30 heavy (non-hydrogen) atoms. The van der Waals surface area contributed by atoms with Gasteiger partial charge in [-0.15, -0.1) is 11.8 Å². The van der Waals surface area contributed by atoms with Gasteiger partial charge < -0.3 is 9.64 Å². The summed E-state index contributed by atoms with van der Waals surface area (Å²) in [5.41, 5.74) is 0.984. The van der Waals surface area contributed by atoms with Crippen LogP contribution in [0.4, 0.5) is 5.13 Å². The first kappa shape index (κ1) is 23.4. The van der Waals surface area contributed by atoms with Gasteiger partial charge in [0.15, 0.2) is 5.13 Å². The molecule has 0 N–H and O–H groups in total. The number of carbonyl (C=O) groups is 1. The van der Waals surface area contributed by atoms with Crippen LogP contribution in [0.15, 0.2) is 29.2 Å². The molecule has 7 heteroatoms. The highest BCUT2D eigenvalue weighted by Gasteiger charge is 2.16. The largest absolute Gasteiger partial charge is 0.465 e.